The van der Waals surface area contributed by atoms with Crippen LogP contribution in [0.15, 0.2) is 6.33 Å². The van der Waals surface area contributed by atoms with Crippen LogP contribution in [0.25, 0.3) is 0 Å². The second-order valence-electron chi connectivity index (χ2n) is 3.90. The fourth-order valence-corrected chi connectivity index (χ4v) is 1.25. The normalized spacial score (nSPS) is 12.2. The highest BCUT2D eigenvalue weighted by atomic mass is 16.1. The second kappa shape index (κ2) is 5.26. The topological polar surface area (TPSA) is 83.6 Å². The predicted molar refractivity (Wildman–Crippen MR) is 56.8 cm³/mol. The molecule has 1 amide bonds. The molecule has 1 aromatic rings. The van der Waals surface area contributed by atoms with Crippen molar-refractivity contribution in [2.75, 3.05) is 0 Å². The highest BCUT2D eigenvalue weighted by Crippen LogP contribution is 2.09. The van der Waals surface area contributed by atoms with Crippen molar-refractivity contribution >= 4 is 5.91 Å². The number of nitriles is 1. The van der Waals surface area contributed by atoms with Crippen molar-refractivity contribution in [3.63, 3.8) is 0 Å². The van der Waals surface area contributed by atoms with E-state index in [1.54, 1.807) is 18.1 Å². The molecule has 0 fully saturated rings. The minimum atomic E-state index is -0.622. The van der Waals surface area contributed by atoms with E-state index < -0.39 is 5.92 Å². The number of hydrogen-bond acceptors (Lipinski definition) is 4. The third kappa shape index (κ3) is 3.05. The van der Waals surface area contributed by atoms with Gasteiger partial charge in [-0.1, -0.05) is 13.8 Å². The highest BCUT2D eigenvalue weighted by Gasteiger charge is 2.21. The van der Waals surface area contributed by atoms with Gasteiger partial charge in [-0.25, -0.2) is 4.98 Å². The third-order valence-corrected chi connectivity index (χ3v) is 2.16. The van der Waals surface area contributed by atoms with Crippen LogP contribution in [0.2, 0.25) is 0 Å². The molecule has 1 atom stereocenters. The summed E-state index contributed by atoms with van der Waals surface area (Å²) in [5.74, 6) is -0.355. The number of rotatable bonds is 4. The maximum absolute atomic E-state index is 11.6. The lowest BCUT2D eigenvalue weighted by atomic mass is 9.97. The van der Waals surface area contributed by atoms with Crippen LogP contribution in [0.1, 0.15) is 19.7 Å². The molecule has 6 heteroatoms. The molecule has 0 spiro atoms. The van der Waals surface area contributed by atoms with E-state index in [1.165, 1.54) is 0 Å². The van der Waals surface area contributed by atoms with Gasteiger partial charge in [-0.2, -0.15) is 10.4 Å². The van der Waals surface area contributed by atoms with Gasteiger partial charge in [0.25, 0.3) is 0 Å². The lowest BCUT2D eigenvalue weighted by Crippen LogP contribution is -2.32. The molecule has 1 unspecified atom stereocenters. The van der Waals surface area contributed by atoms with Crippen LogP contribution in [0, 0.1) is 23.2 Å². The second-order valence-corrected chi connectivity index (χ2v) is 3.90. The Balaban J connectivity index is 2.50. The van der Waals surface area contributed by atoms with E-state index in [-0.39, 0.29) is 18.4 Å². The Hall–Kier alpha value is -1.90. The van der Waals surface area contributed by atoms with Crippen molar-refractivity contribution < 1.29 is 4.79 Å². The maximum atomic E-state index is 11.6. The Morgan fingerprint density at radius 1 is 1.69 bits per heavy atom. The zero-order chi connectivity index (χ0) is 12.1. The molecule has 0 aliphatic rings. The zero-order valence-corrected chi connectivity index (χ0v) is 9.64. The van der Waals surface area contributed by atoms with Gasteiger partial charge in [-0.3, -0.25) is 9.48 Å². The number of aryl methyl sites for hydroxylation is 1. The maximum Gasteiger partial charge on any atom is 0.237 e. The Bertz CT molecular complexity index is 404. The average Bonchev–Trinajstić information content (AvgIpc) is 2.62. The number of amides is 1. The Kier molecular flexibility index (Phi) is 4.00. The largest absolute Gasteiger partial charge is 0.348 e. The molecule has 0 aliphatic heterocycles. The van der Waals surface area contributed by atoms with Gasteiger partial charge in [-0.15, -0.1) is 0 Å². The molecule has 0 bridgehead atoms. The van der Waals surface area contributed by atoms with Gasteiger partial charge in [0.05, 0.1) is 12.6 Å². The minimum absolute atomic E-state index is 0.00157. The van der Waals surface area contributed by atoms with Crippen LogP contribution in [0.3, 0.4) is 0 Å². The Morgan fingerprint density at radius 3 is 2.81 bits per heavy atom. The van der Waals surface area contributed by atoms with Gasteiger partial charge in [0.15, 0.2) is 5.82 Å². The van der Waals surface area contributed by atoms with Crippen LogP contribution in [-0.4, -0.2) is 20.7 Å². The molecule has 1 aromatic heterocycles. The number of nitrogens with zero attached hydrogens (tertiary/aromatic N) is 4. The number of aromatic nitrogens is 3. The van der Waals surface area contributed by atoms with E-state index in [1.807, 2.05) is 19.9 Å². The molecule has 0 saturated heterocycles. The zero-order valence-electron chi connectivity index (χ0n) is 9.64. The van der Waals surface area contributed by atoms with Crippen LogP contribution in [0.4, 0.5) is 0 Å². The van der Waals surface area contributed by atoms with Gasteiger partial charge in [-0.05, 0) is 5.92 Å². The van der Waals surface area contributed by atoms with Crippen molar-refractivity contribution in [2.45, 2.75) is 20.4 Å². The molecule has 1 N–H and O–H groups in total. The Morgan fingerprint density at radius 2 is 2.38 bits per heavy atom. The molecule has 6 nitrogen and oxygen atoms in total. The van der Waals surface area contributed by atoms with Crippen molar-refractivity contribution in [3.05, 3.63) is 12.2 Å². The van der Waals surface area contributed by atoms with Gasteiger partial charge in [0.2, 0.25) is 5.91 Å². The number of carbonyl (C=O) groups excluding carboxylic acids is 1. The molecular weight excluding hydrogens is 206 g/mol. The number of carbonyl (C=O) groups is 1. The SMILES string of the molecule is CC(C)C(C#N)C(=O)NCc1ncn(C)n1. The van der Waals surface area contributed by atoms with E-state index in [9.17, 15) is 4.79 Å². The number of hydrogen-bond donors (Lipinski definition) is 1. The molecule has 1 heterocycles. The third-order valence-electron chi connectivity index (χ3n) is 2.16. The summed E-state index contributed by atoms with van der Waals surface area (Å²) in [6.45, 7) is 3.93. The van der Waals surface area contributed by atoms with Crippen LogP contribution in [-0.2, 0) is 18.4 Å². The van der Waals surface area contributed by atoms with E-state index in [2.05, 4.69) is 15.4 Å². The molecule has 86 valence electrons. The highest BCUT2D eigenvalue weighted by molar-refractivity contribution is 5.81. The summed E-state index contributed by atoms with van der Waals surface area (Å²) in [5.41, 5.74) is 0. The van der Waals surface area contributed by atoms with Crippen molar-refractivity contribution in [1.82, 2.24) is 20.1 Å². The smallest absolute Gasteiger partial charge is 0.237 e. The summed E-state index contributed by atoms with van der Waals surface area (Å²) in [4.78, 5) is 15.6. The van der Waals surface area contributed by atoms with E-state index in [0.29, 0.717) is 5.82 Å². The van der Waals surface area contributed by atoms with E-state index in [4.69, 9.17) is 5.26 Å². The van der Waals surface area contributed by atoms with Crippen LogP contribution >= 0.6 is 0 Å². The fourth-order valence-electron chi connectivity index (χ4n) is 1.25. The van der Waals surface area contributed by atoms with Crippen molar-refractivity contribution in [3.8, 4) is 6.07 Å². The summed E-state index contributed by atoms with van der Waals surface area (Å²) in [6, 6.07) is 1.98. The molecule has 16 heavy (non-hydrogen) atoms. The van der Waals surface area contributed by atoms with Gasteiger partial charge in [0, 0.05) is 7.05 Å². The summed E-state index contributed by atoms with van der Waals surface area (Å²) < 4.78 is 1.56. The molecule has 0 radical (unpaired) electrons. The summed E-state index contributed by atoms with van der Waals surface area (Å²) in [7, 11) is 1.75. The first-order valence-electron chi connectivity index (χ1n) is 5.06. The summed E-state index contributed by atoms with van der Waals surface area (Å²) in [5, 5.41) is 15.5. The first-order valence-corrected chi connectivity index (χ1v) is 5.06. The molecule has 0 aliphatic carbocycles. The number of nitrogens with one attached hydrogen (secondary N) is 1. The van der Waals surface area contributed by atoms with E-state index in [0.717, 1.165) is 0 Å². The molecule has 0 saturated carbocycles. The van der Waals surface area contributed by atoms with Crippen LogP contribution in [0.5, 0.6) is 0 Å². The van der Waals surface area contributed by atoms with Gasteiger partial charge in [0.1, 0.15) is 12.2 Å². The molecule has 1 rings (SSSR count). The first kappa shape index (κ1) is 12.2. The fraction of sp³-hybridized carbons (Fsp3) is 0.600. The summed E-state index contributed by atoms with van der Waals surface area (Å²) >= 11 is 0. The van der Waals surface area contributed by atoms with E-state index >= 15 is 0 Å². The molecule has 0 aromatic carbocycles. The predicted octanol–water partition coefficient (Wildman–Crippen LogP) is 0.227. The van der Waals surface area contributed by atoms with Crippen LogP contribution < -0.4 is 5.32 Å². The first-order chi connectivity index (χ1) is 7.54. The lowest BCUT2D eigenvalue weighted by molar-refractivity contribution is -0.124. The molecular formula is C10H15N5O. The summed E-state index contributed by atoms with van der Waals surface area (Å²) in [6.07, 6.45) is 1.56. The van der Waals surface area contributed by atoms with Crippen molar-refractivity contribution in [1.29, 1.82) is 5.26 Å². The van der Waals surface area contributed by atoms with Gasteiger partial charge >= 0.3 is 0 Å². The standard InChI is InChI=1S/C10H15N5O/c1-7(2)8(4-11)10(16)12-5-9-13-6-15(3)14-9/h6-8H,5H2,1-3H3,(H,12,16). The van der Waals surface area contributed by atoms with Gasteiger partial charge < -0.3 is 5.32 Å². The Labute approximate surface area is 94.3 Å². The quantitative estimate of drug-likeness (QED) is 0.788. The minimum Gasteiger partial charge on any atom is -0.348 e. The average molecular weight is 221 g/mol. The monoisotopic (exact) mass is 221 g/mol. The van der Waals surface area contributed by atoms with Crippen molar-refractivity contribution in [2.24, 2.45) is 18.9 Å². The lowest BCUT2D eigenvalue weighted by Gasteiger charge is -2.11.